The van der Waals surface area contributed by atoms with Gasteiger partial charge in [-0.05, 0) is 6.07 Å². The fourth-order valence-electron chi connectivity index (χ4n) is 1.53. The van der Waals surface area contributed by atoms with Gasteiger partial charge in [0.25, 0.3) is 0 Å². The molecule has 0 spiro atoms. The predicted molar refractivity (Wildman–Crippen MR) is 67.1 cm³/mol. The second-order valence-corrected chi connectivity index (χ2v) is 4.09. The number of rotatable bonds is 7. The summed E-state index contributed by atoms with van der Waals surface area (Å²) in [5, 5.41) is 25.8. The highest BCUT2D eigenvalue weighted by molar-refractivity contribution is 5.86. The van der Waals surface area contributed by atoms with E-state index in [1.54, 1.807) is 24.0 Å². The summed E-state index contributed by atoms with van der Waals surface area (Å²) in [6, 6.07) is -0.380. The standard InChI is InChI=1S/C11H16N4O5/c1-15-7(3-5-13-15)2-4-12-11(20)14-8(10(18)19)6-9(16)17/h3,5,8H,2,4,6H2,1H3,(H,16,17)(H,18,19)(H2,12,14,20). The second-order valence-electron chi connectivity index (χ2n) is 4.09. The number of aromatic nitrogens is 2. The van der Waals surface area contributed by atoms with Crippen LogP contribution in [0.5, 0.6) is 0 Å². The fourth-order valence-corrected chi connectivity index (χ4v) is 1.53. The molecule has 1 aromatic rings. The van der Waals surface area contributed by atoms with E-state index in [0.717, 1.165) is 5.69 Å². The van der Waals surface area contributed by atoms with Crippen molar-refractivity contribution in [3.05, 3.63) is 18.0 Å². The van der Waals surface area contributed by atoms with Crippen molar-refractivity contribution in [3.63, 3.8) is 0 Å². The molecule has 1 heterocycles. The molecule has 0 bridgehead atoms. The Kier molecular flexibility index (Phi) is 5.51. The SMILES string of the molecule is Cn1nccc1CCNC(=O)NC(CC(=O)O)C(=O)O. The molecule has 1 atom stereocenters. The van der Waals surface area contributed by atoms with Crippen molar-refractivity contribution in [2.45, 2.75) is 18.9 Å². The van der Waals surface area contributed by atoms with E-state index >= 15 is 0 Å². The van der Waals surface area contributed by atoms with Gasteiger partial charge in [0.15, 0.2) is 0 Å². The van der Waals surface area contributed by atoms with E-state index in [-0.39, 0.29) is 6.54 Å². The first-order chi connectivity index (χ1) is 9.40. The van der Waals surface area contributed by atoms with Crippen molar-refractivity contribution in [1.82, 2.24) is 20.4 Å². The molecule has 4 N–H and O–H groups in total. The summed E-state index contributed by atoms with van der Waals surface area (Å²) in [5.41, 5.74) is 0.908. The number of carboxylic acids is 2. The highest BCUT2D eigenvalue weighted by Crippen LogP contribution is 1.96. The third-order valence-electron chi connectivity index (χ3n) is 2.57. The smallest absolute Gasteiger partial charge is 0.326 e. The van der Waals surface area contributed by atoms with Crippen molar-refractivity contribution in [1.29, 1.82) is 0 Å². The molecule has 1 aromatic heterocycles. The number of amides is 2. The molecule has 0 aliphatic heterocycles. The van der Waals surface area contributed by atoms with Crippen LogP contribution in [0.3, 0.4) is 0 Å². The Morgan fingerprint density at radius 1 is 1.40 bits per heavy atom. The van der Waals surface area contributed by atoms with E-state index in [4.69, 9.17) is 10.2 Å². The Balaban J connectivity index is 2.36. The quantitative estimate of drug-likeness (QED) is 0.517. The van der Waals surface area contributed by atoms with Gasteiger partial charge in [-0.3, -0.25) is 9.48 Å². The average Bonchev–Trinajstić information content (AvgIpc) is 2.73. The van der Waals surface area contributed by atoms with Crippen LogP contribution in [-0.2, 0) is 23.1 Å². The number of carbonyl (C=O) groups excluding carboxylic acids is 1. The first-order valence-corrected chi connectivity index (χ1v) is 5.86. The minimum Gasteiger partial charge on any atom is -0.481 e. The molecule has 0 aromatic carbocycles. The molecule has 0 saturated carbocycles. The van der Waals surface area contributed by atoms with E-state index in [1.165, 1.54) is 0 Å². The molecule has 9 nitrogen and oxygen atoms in total. The van der Waals surface area contributed by atoms with Crippen LogP contribution in [0.4, 0.5) is 4.79 Å². The lowest BCUT2D eigenvalue weighted by Gasteiger charge is -2.13. The minimum absolute atomic E-state index is 0.283. The molecule has 0 fully saturated rings. The van der Waals surface area contributed by atoms with Gasteiger partial charge < -0.3 is 20.8 Å². The van der Waals surface area contributed by atoms with E-state index < -0.39 is 30.4 Å². The Morgan fingerprint density at radius 2 is 2.10 bits per heavy atom. The molecular weight excluding hydrogens is 268 g/mol. The predicted octanol–water partition coefficient (Wildman–Crippen LogP) is -0.810. The summed E-state index contributed by atoms with van der Waals surface area (Å²) >= 11 is 0. The van der Waals surface area contributed by atoms with Crippen LogP contribution in [-0.4, -0.2) is 50.5 Å². The maximum absolute atomic E-state index is 11.5. The molecule has 110 valence electrons. The van der Waals surface area contributed by atoms with Gasteiger partial charge in [-0.15, -0.1) is 0 Å². The zero-order valence-electron chi connectivity index (χ0n) is 10.9. The van der Waals surface area contributed by atoms with Crippen molar-refractivity contribution in [2.24, 2.45) is 7.05 Å². The Bertz CT molecular complexity index is 499. The van der Waals surface area contributed by atoms with Crippen molar-refractivity contribution < 1.29 is 24.6 Å². The lowest BCUT2D eigenvalue weighted by atomic mass is 10.2. The van der Waals surface area contributed by atoms with Crippen molar-refractivity contribution >= 4 is 18.0 Å². The molecular formula is C11H16N4O5. The van der Waals surface area contributed by atoms with Crippen molar-refractivity contribution in [2.75, 3.05) is 6.54 Å². The summed E-state index contributed by atoms with van der Waals surface area (Å²) in [4.78, 5) is 32.7. The van der Waals surface area contributed by atoms with E-state index in [9.17, 15) is 14.4 Å². The molecule has 1 unspecified atom stereocenters. The highest BCUT2D eigenvalue weighted by atomic mass is 16.4. The van der Waals surface area contributed by atoms with Gasteiger partial charge in [0.05, 0.1) is 6.42 Å². The number of aryl methyl sites for hydroxylation is 1. The maximum atomic E-state index is 11.5. The minimum atomic E-state index is -1.45. The summed E-state index contributed by atoms with van der Waals surface area (Å²) in [6.45, 7) is 0.283. The van der Waals surface area contributed by atoms with Gasteiger partial charge in [-0.2, -0.15) is 5.10 Å². The van der Waals surface area contributed by atoms with Gasteiger partial charge in [0.2, 0.25) is 0 Å². The number of nitrogens with zero attached hydrogens (tertiary/aromatic N) is 2. The number of urea groups is 1. The molecule has 9 heteroatoms. The van der Waals surface area contributed by atoms with Gasteiger partial charge in [0.1, 0.15) is 6.04 Å². The number of nitrogens with one attached hydrogen (secondary N) is 2. The zero-order chi connectivity index (χ0) is 15.1. The lowest BCUT2D eigenvalue weighted by molar-refractivity contribution is -0.145. The summed E-state index contributed by atoms with van der Waals surface area (Å²) < 4.78 is 1.66. The topological polar surface area (TPSA) is 134 Å². The molecule has 0 saturated heterocycles. The van der Waals surface area contributed by atoms with Crippen LogP contribution in [0.1, 0.15) is 12.1 Å². The third kappa shape index (κ3) is 4.96. The average molecular weight is 284 g/mol. The molecule has 2 amide bonds. The van der Waals surface area contributed by atoms with Crippen molar-refractivity contribution in [3.8, 4) is 0 Å². The van der Waals surface area contributed by atoms with E-state index in [0.29, 0.717) is 6.42 Å². The van der Waals surface area contributed by atoms with E-state index in [1.807, 2.05) is 0 Å². The van der Waals surface area contributed by atoms with Gasteiger partial charge in [-0.1, -0.05) is 0 Å². The first-order valence-electron chi connectivity index (χ1n) is 5.86. The molecule has 1 rings (SSSR count). The third-order valence-corrected chi connectivity index (χ3v) is 2.57. The Morgan fingerprint density at radius 3 is 2.60 bits per heavy atom. The van der Waals surface area contributed by atoms with Crippen LogP contribution in [0.2, 0.25) is 0 Å². The number of carbonyl (C=O) groups is 3. The number of hydrogen-bond donors (Lipinski definition) is 4. The van der Waals surface area contributed by atoms with Gasteiger partial charge in [0, 0.05) is 31.9 Å². The normalized spacial score (nSPS) is 11.7. The van der Waals surface area contributed by atoms with Crippen LogP contribution in [0.25, 0.3) is 0 Å². The number of aliphatic carboxylic acids is 2. The van der Waals surface area contributed by atoms with Gasteiger partial charge in [-0.25, -0.2) is 9.59 Å². The monoisotopic (exact) mass is 284 g/mol. The largest absolute Gasteiger partial charge is 0.481 e. The molecule has 20 heavy (non-hydrogen) atoms. The number of carboxylic acid groups (broad SMARTS) is 2. The maximum Gasteiger partial charge on any atom is 0.326 e. The molecule has 0 aliphatic carbocycles. The molecule has 0 aliphatic rings. The van der Waals surface area contributed by atoms with Crippen LogP contribution < -0.4 is 10.6 Å². The van der Waals surface area contributed by atoms with Crippen LogP contribution in [0.15, 0.2) is 12.3 Å². The summed E-state index contributed by atoms with van der Waals surface area (Å²) in [7, 11) is 1.77. The fraction of sp³-hybridized carbons (Fsp3) is 0.455. The van der Waals surface area contributed by atoms with E-state index in [2.05, 4.69) is 15.7 Å². The number of hydrogen-bond acceptors (Lipinski definition) is 4. The molecule has 0 radical (unpaired) electrons. The lowest BCUT2D eigenvalue weighted by Crippen LogP contribution is -2.47. The Hall–Kier alpha value is -2.58. The van der Waals surface area contributed by atoms with Crippen LogP contribution >= 0.6 is 0 Å². The zero-order valence-corrected chi connectivity index (χ0v) is 10.9. The van der Waals surface area contributed by atoms with Crippen LogP contribution in [0, 0.1) is 0 Å². The highest BCUT2D eigenvalue weighted by Gasteiger charge is 2.22. The summed E-state index contributed by atoms with van der Waals surface area (Å²) in [6.07, 6.45) is 1.48. The second kappa shape index (κ2) is 7.12. The Labute approximate surface area is 114 Å². The first kappa shape index (κ1) is 15.5. The van der Waals surface area contributed by atoms with Gasteiger partial charge >= 0.3 is 18.0 Å². The summed E-state index contributed by atoms with van der Waals surface area (Å²) in [5.74, 6) is -2.69.